The average Bonchev–Trinajstić information content (AvgIpc) is 2.76. The Morgan fingerprint density at radius 1 is 1.22 bits per heavy atom. The van der Waals surface area contributed by atoms with Gasteiger partial charge < -0.3 is 19.9 Å². The number of fused-ring (bicyclic) bond motifs is 2. The van der Waals surface area contributed by atoms with Crippen LogP contribution in [0.3, 0.4) is 0 Å². The van der Waals surface area contributed by atoms with Crippen molar-refractivity contribution in [1.82, 2.24) is 15.0 Å². The van der Waals surface area contributed by atoms with E-state index in [1.165, 1.54) is 0 Å². The van der Waals surface area contributed by atoms with E-state index in [4.69, 9.17) is 14.5 Å². The highest BCUT2D eigenvalue weighted by atomic mass is 16.6. The van der Waals surface area contributed by atoms with Crippen LogP contribution in [0.2, 0.25) is 0 Å². The molecule has 2 N–H and O–H groups in total. The molecule has 0 aliphatic carbocycles. The molecule has 2 atom stereocenters. The van der Waals surface area contributed by atoms with Crippen molar-refractivity contribution in [3.8, 4) is 5.88 Å². The molecular formula is C24H28N4O4. The third kappa shape index (κ3) is 3.64. The van der Waals surface area contributed by atoms with Crippen molar-refractivity contribution in [3.63, 3.8) is 0 Å². The van der Waals surface area contributed by atoms with Gasteiger partial charge in [-0.2, -0.15) is 0 Å². The zero-order valence-electron chi connectivity index (χ0n) is 19.2. The lowest BCUT2D eigenvalue weighted by Crippen LogP contribution is -2.39. The van der Waals surface area contributed by atoms with Crippen LogP contribution in [0.25, 0.3) is 10.8 Å². The van der Waals surface area contributed by atoms with Crippen LogP contribution in [0.4, 0.5) is 11.6 Å². The Balaban J connectivity index is 1.77. The minimum Gasteiger partial charge on any atom is -0.481 e. The second kappa shape index (κ2) is 7.70. The first-order valence-corrected chi connectivity index (χ1v) is 10.6. The van der Waals surface area contributed by atoms with Crippen molar-refractivity contribution in [1.29, 1.82) is 0 Å². The first-order chi connectivity index (χ1) is 15.1. The first kappa shape index (κ1) is 22.0. The molecule has 0 radical (unpaired) electrons. The first-order valence-electron chi connectivity index (χ1n) is 10.6. The van der Waals surface area contributed by atoms with Crippen LogP contribution in [-0.4, -0.2) is 38.7 Å². The molecule has 0 bridgehead atoms. The summed E-state index contributed by atoms with van der Waals surface area (Å²) < 4.78 is 10.9. The summed E-state index contributed by atoms with van der Waals surface area (Å²) >= 11 is 0. The molecule has 0 amide bonds. The molecule has 32 heavy (non-hydrogen) atoms. The zero-order chi connectivity index (χ0) is 23.3. The summed E-state index contributed by atoms with van der Waals surface area (Å²) in [5.74, 6) is 1.13. The van der Waals surface area contributed by atoms with E-state index in [-0.39, 0.29) is 11.9 Å². The highest BCUT2D eigenvalue weighted by Crippen LogP contribution is 2.38. The molecule has 3 aromatic heterocycles. The summed E-state index contributed by atoms with van der Waals surface area (Å²) in [4.78, 5) is 25.9. The van der Waals surface area contributed by atoms with Gasteiger partial charge in [-0.3, -0.25) is 0 Å². The van der Waals surface area contributed by atoms with Crippen LogP contribution in [0.5, 0.6) is 5.88 Å². The molecule has 4 heterocycles. The van der Waals surface area contributed by atoms with E-state index in [1.807, 2.05) is 33.8 Å². The van der Waals surface area contributed by atoms with E-state index in [0.717, 1.165) is 5.39 Å². The molecule has 4 rings (SSSR count). The number of nitrogens with one attached hydrogen (secondary N) is 1. The molecule has 0 saturated carbocycles. The number of aromatic nitrogens is 3. The Kier molecular flexibility index (Phi) is 5.29. The molecule has 8 nitrogen and oxygen atoms in total. The topological polar surface area (TPSA) is 106 Å². The lowest BCUT2D eigenvalue weighted by molar-refractivity contribution is -0.0189. The summed E-state index contributed by atoms with van der Waals surface area (Å²) in [7, 11) is 1.55. The summed E-state index contributed by atoms with van der Waals surface area (Å²) in [5.41, 5.74) is 0.170. The van der Waals surface area contributed by atoms with Crippen LogP contribution in [0.15, 0.2) is 30.6 Å². The number of hydrogen-bond acceptors (Lipinski definition) is 8. The van der Waals surface area contributed by atoms with E-state index in [9.17, 15) is 9.90 Å². The summed E-state index contributed by atoms with van der Waals surface area (Å²) in [6.45, 7) is 9.44. The number of nitrogens with zero attached hydrogens (tertiary/aromatic N) is 3. The molecule has 168 valence electrons. The minimum absolute atomic E-state index is 0.0666. The van der Waals surface area contributed by atoms with Gasteiger partial charge >= 0.3 is 5.97 Å². The smallest absolute Gasteiger partial charge is 0.340 e. The number of pyridine rings is 3. The maximum Gasteiger partial charge on any atom is 0.340 e. The van der Waals surface area contributed by atoms with Gasteiger partial charge in [-0.1, -0.05) is 13.8 Å². The highest BCUT2D eigenvalue weighted by molar-refractivity contribution is 5.93. The van der Waals surface area contributed by atoms with Crippen molar-refractivity contribution < 1.29 is 19.4 Å². The number of esters is 1. The van der Waals surface area contributed by atoms with Gasteiger partial charge in [0.1, 0.15) is 17.2 Å². The van der Waals surface area contributed by atoms with E-state index in [2.05, 4.69) is 15.3 Å². The van der Waals surface area contributed by atoms with E-state index in [1.54, 1.807) is 38.6 Å². The summed E-state index contributed by atoms with van der Waals surface area (Å²) in [5, 5.41) is 15.6. The van der Waals surface area contributed by atoms with Crippen LogP contribution in [0, 0.1) is 0 Å². The van der Waals surface area contributed by atoms with Gasteiger partial charge in [0.2, 0.25) is 5.88 Å². The Bertz CT molecular complexity index is 1210. The maximum atomic E-state index is 12.3. The third-order valence-electron chi connectivity index (χ3n) is 6.41. The molecule has 0 spiro atoms. The molecule has 1 aliphatic heterocycles. The second-order valence-electron chi connectivity index (χ2n) is 8.89. The molecule has 1 aliphatic rings. The van der Waals surface area contributed by atoms with Crippen molar-refractivity contribution in [3.05, 3.63) is 47.4 Å². The van der Waals surface area contributed by atoms with E-state index >= 15 is 0 Å². The second-order valence-corrected chi connectivity index (χ2v) is 8.89. The minimum atomic E-state index is -1.05. The van der Waals surface area contributed by atoms with Crippen LogP contribution < -0.4 is 10.1 Å². The van der Waals surface area contributed by atoms with Gasteiger partial charge in [0.25, 0.3) is 0 Å². The van der Waals surface area contributed by atoms with E-state index in [0.29, 0.717) is 46.1 Å². The Labute approximate surface area is 187 Å². The molecule has 8 heteroatoms. The SMILES string of the molecule is CC[C@@](C)(O)c1cnc(OC)c2cnc(Nc3ccc4c(n3)[C@@H](C)C(C)(C)OC4=O)cc12. The van der Waals surface area contributed by atoms with Gasteiger partial charge in [0.05, 0.1) is 29.4 Å². The zero-order valence-corrected chi connectivity index (χ0v) is 19.2. The number of anilines is 2. The fourth-order valence-corrected chi connectivity index (χ4v) is 3.85. The fourth-order valence-electron chi connectivity index (χ4n) is 3.85. The van der Waals surface area contributed by atoms with Crippen LogP contribution >= 0.6 is 0 Å². The molecule has 3 aromatic rings. The monoisotopic (exact) mass is 436 g/mol. The Morgan fingerprint density at radius 3 is 2.66 bits per heavy atom. The lowest BCUT2D eigenvalue weighted by Gasteiger charge is -2.36. The van der Waals surface area contributed by atoms with E-state index < -0.39 is 11.2 Å². The van der Waals surface area contributed by atoms with Crippen molar-refractivity contribution in [2.24, 2.45) is 0 Å². The fraction of sp³-hybridized carbons (Fsp3) is 0.417. The van der Waals surface area contributed by atoms with Crippen molar-refractivity contribution in [2.75, 3.05) is 12.4 Å². The number of carbonyl (C=O) groups excluding carboxylic acids is 1. The summed E-state index contributed by atoms with van der Waals surface area (Å²) in [6, 6.07) is 5.30. The predicted octanol–water partition coefficient (Wildman–Crippen LogP) is 4.45. The number of rotatable bonds is 5. The lowest BCUT2D eigenvalue weighted by atomic mass is 9.84. The van der Waals surface area contributed by atoms with Crippen molar-refractivity contribution in [2.45, 2.75) is 58.2 Å². The molecule has 0 unspecified atom stereocenters. The number of cyclic esters (lactones) is 1. The Hall–Kier alpha value is -3.26. The number of methoxy groups -OCH3 is 1. The van der Waals surface area contributed by atoms with Crippen molar-refractivity contribution >= 4 is 28.4 Å². The number of carbonyl (C=O) groups is 1. The van der Waals surface area contributed by atoms with Gasteiger partial charge in [0.15, 0.2) is 0 Å². The molecule has 0 saturated heterocycles. The number of aliphatic hydroxyl groups is 1. The highest BCUT2D eigenvalue weighted by Gasteiger charge is 2.40. The normalized spacial score (nSPS) is 19.1. The Morgan fingerprint density at radius 2 is 1.97 bits per heavy atom. The standard InChI is InChI=1S/C24H28N4O4/c1-7-24(5,30)17-12-26-21(31-6)16-11-25-19(10-15(16)17)27-18-9-8-14-20(28-18)13(2)23(3,4)32-22(14)29/h8-13,30H,7H2,1-6H3,(H,25,27,28)/t13-,24-/m1/s1. The van der Waals surface area contributed by atoms with Gasteiger partial charge in [-0.15, -0.1) is 0 Å². The summed E-state index contributed by atoms with van der Waals surface area (Å²) in [6.07, 6.45) is 3.83. The average molecular weight is 437 g/mol. The maximum absolute atomic E-state index is 12.3. The van der Waals surface area contributed by atoms with Gasteiger partial charge in [0, 0.05) is 23.9 Å². The quantitative estimate of drug-likeness (QED) is 0.565. The number of ether oxygens (including phenoxy) is 2. The third-order valence-corrected chi connectivity index (χ3v) is 6.41. The molecular weight excluding hydrogens is 408 g/mol. The van der Waals surface area contributed by atoms with Crippen LogP contribution in [-0.2, 0) is 10.3 Å². The molecule has 0 aromatic carbocycles. The van der Waals surface area contributed by atoms with Gasteiger partial charge in [-0.05, 0) is 50.8 Å². The largest absolute Gasteiger partial charge is 0.481 e. The predicted molar refractivity (Wildman–Crippen MR) is 121 cm³/mol. The number of hydrogen-bond donors (Lipinski definition) is 2. The van der Waals surface area contributed by atoms with Crippen LogP contribution in [0.1, 0.15) is 68.6 Å². The van der Waals surface area contributed by atoms with Gasteiger partial charge in [-0.25, -0.2) is 19.7 Å². The molecule has 0 fully saturated rings.